The summed E-state index contributed by atoms with van der Waals surface area (Å²) >= 11 is 1.25. The molecule has 1 heterocycles. The Kier molecular flexibility index (Phi) is 7.60. The molecule has 7 nitrogen and oxygen atoms in total. The van der Waals surface area contributed by atoms with Crippen LogP contribution in [0.5, 0.6) is 5.75 Å². The molecule has 0 saturated heterocycles. The summed E-state index contributed by atoms with van der Waals surface area (Å²) in [6, 6.07) is 5.17. The number of carbonyl (C=O) groups excluding carboxylic acids is 2. The first kappa shape index (κ1) is 20.7. The smallest absolute Gasteiger partial charge is 0.325 e. The molecular weight excluding hydrogens is 366 g/mol. The Hall–Kier alpha value is -2.61. The second-order valence-corrected chi connectivity index (χ2v) is 7.27. The van der Waals surface area contributed by atoms with Gasteiger partial charge in [-0.3, -0.25) is 10.1 Å². The van der Waals surface area contributed by atoms with Gasteiger partial charge in [0.15, 0.2) is 5.13 Å². The summed E-state index contributed by atoms with van der Waals surface area (Å²) in [5.41, 5.74) is 2.19. The van der Waals surface area contributed by atoms with E-state index in [0.717, 1.165) is 5.56 Å². The predicted octanol–water partition coefficient (Wildman–Crippen LogP) is 4.24. The van der Waals surface area contributed by atoms with Gasteiger partial charge in [-0.25, -0.2) is 9.78 Å². The second-order valence-electron chi connectivity index (χ2n) is 6.41. The van der Waals surface area contributed by atoms with Crippen molar-refractivity contribution in [1.82, 2.24) is 4.98 Å². The summed E-state index contributed by atoms with van der Waals surface area (Å²) in [7, 11) is 0. The Labute approximate surface area is 163 Å². The van der Waals surface area contributed by atoms with Gasteiger partial charge in [0, 0.05) is 5.38 Å². The maximum atomic E-state index is 12.3. The first-order valence-electron chi connectivity index (χ1n) is 8.78. The highest BCUT2D eigenvalue weighted by Crippen LogP contribution is 2.26. The molecule has 0 radical (unpaired) electrons. The minimum Gasteiger partial charge on any atom is -0.491 e. The number of amides is 2. The first-order valence-corrected chi connectivity index (χ1v) is 9.66. The van der Waals surface area contributed by atoms with Crippen LogP contribution in [0.4, 0.5) is 15.6 Å². The SMILES string of the molecule is CCOC(=O)Cc1csc(NC(=O)Nc2ccc(C)cc2OCC(C)C)n1. The molecule has 0 spiro atoms. The summed E-state index contributed by atoms with van der Waals surface area (Å²) in [6.45, 7) is 8.73. The van der Waals surface area contributed by atoms with E-state index >= 15 is 0 Å². The first-order chi connectivity index (χ1) is 12.9. The quantitative estimate of drug-likeness (QED) is 0.657. The van der Waals surface area contributed by atoms with Crippen LogP contribution in [-0.2, 0) is 16.0 Å². The van der Waals surface area contributed by atoms with Crippen LogP contribution in [0.15, 0.2) is 23.6 Å². The van der Waals surface area contributed by atoms with E-state index < -0.39 is 6.03 Å². The van der Waals surface area contributed by atoms with Crippen molar-refractivity contribution in [2.45, 2.75) is 34.1 Å². The fourth-order valence-corrected chi connectivity index (χ4v) is 2.87. The van der Waals surface area contributed by atoms with E-state index in [4.69, 9.17) is 9.47 Å². The number of aryl methyl sites for hydroxylation is 1. The van der Waals surface area contributed by atoms with Crippen LogP contribution in [0.1, 0.15) is 32.0 Å². The summed E-state index contributed by atoms with van der Waals surface area (Å²) < 4.78 is 10.7. The van der Waals surface area contributed by atoms with Crippen molar-refractivity contribution in [2.24, 2.45) is 5.92 Å². The Morgan fingerprint density at radius 2 is 2.04 bits per heavy atom. The van der Waals surface area contributed by atoms with Crippen LogP contribution < -0.4 is 15.4 Å². The van der Waals surface area contributed by atoms with Gasteiger partial charge in [0.2, 0.25) is 0 Å². The van der Waals surface area contributed by atoms with Crippen LogP contribution >= 0.6 is 11.3 Å². The van der Waals surface area contributed by atoms with Gasteiger partial charge in [-0.2, -0.15) is 0 Å². The number of carbonyl (C=O) groups is 2. The topological polar surface area (TPSA) is 89.5 Å². The van der Waals surface area contributed by atoms with Gasteiger partial charge in [-0.05, 0) is 37.5 Å². The van der Waals surface area contributed by atoms with Crippen LogP contribution in [-0.4, -0.2) is 30.2 Å². The number of nitrogens with zero attached hydrogens (tertiary/aromatic N) is 1. The largest absolute Gasteiger partial charge is 0.491 e. The molecule has 0 saturated carbocycles. The Bertz CT molecular complexity index is 789. The molecule has 0 fully saturated rings. The molecule has 2 N–H and O–H groups in total. The number of ether oxygens (including phenoxy) is 2. The highest BCUT2D eigenvalue weighted by molar-refractivity contribution is 7.14. The molecule has 2 rings (SSSR count). The number of nitrogens with one attached hydrogen (secondary N) is 2. The fourth-order valence-electron chi connectivity index (χ4n) is 2.16. The van der Waals surface area contributed by atoms with E-state index in [1.807, 2.05) is 19.1 Å². The van der Waals surface area contributed by atoms with Crippen molar-refractivity contribution >= 4 is 34.2 Å². The highest BCUT2D eigenvalue weighted by Gasteiger charge is 2.13. The third-order valence-electron chi connectivity index (χ3n) is 3.36. The number of thiazole rings is 1. The molecule has 146 valence electrons. The molecule has 1 aromatic heterocycles. The van der Waals surface area contributed by atoms with Crippen molar-refractivity contribution in [3.05, 3.63) is 34.8 Å². The summed E-state index contributed by atoms with van der Waals surface area (Å²) in [5.74, 6) is 0.659. The average molecular weight is 391 g/mol. The highest BCUT2D eigenvalue weighted by atomic mass is 32.1. The van der Waals surface area contributed by atoms with E-state index in [1.54, 1.807) is 18.4 Å². The van der Waals surface area contributed by atoms with E-state index in [-0.39, 0.29) is 12.4 Å². The summed E-state index contributed by atoms with van der Waals surface area (Å²) in [4.78, 5) is 28.0. The van der Waals surface area contributed by atoms with Gasteiger partial charge >= 0.3 is 12.0 Å². The lowest BCUT2D eigenvalue weighted by Gasteiger charge is -2.14. The molecule has 0 aliphatic rings. The second kappa shape index (κ2) is 9.91. The van der Waals surface area contributed by atoms with E-state index in [2.05, 4.69) is 29.5 Å². The Morgan fingerprint density at radius 1 is 1.26 bits per heavy atom. The van der Waals surface area contributed by atoms with Crippen molar-refractivity contribution in [3.8, 4) is 5.75 Å². The monoisotopic (exact) mass is 391 g/mol. The van der Waals surface area contributed by atoms with Crippen LogP contribution in [0.2, 0.25) is 0 Å². The maximum Gasteiger partial charge on any atom is 0.325 e. The van der Waals surface area contributed by atoms with E-state index in [0.29, 0.717) is 41.4 Å². The number of rotatable bonds is 8. The molecule has 0 aliphatic heterocycles. The summed E-state index contributed by atoms with van der Waals surface area (Å²) in [6.07, 6.45) is 0.0821. The van der Waals surface area contributed by atoms with Gasteiger partial charge in [0.1, 0.15) is 5.75 Å². The lowest BCUT2D eigenvalue weighted by molar-refractivity contribution is -0.142. The lowest BCUT2D eigenvalue weighted by atomic mass is 10.2. The number of hydrogen-bond acceptors (Lipinski definition) is 6. The molecule has 2 amide bonds. The van der Waals surface area contributed by atoms with Crippen LogP contribution in [0.3, 0.4) is 0 Å². The normalized spacial score (nSPS) is 10.6. The van der Waals surface area contributed by atoms with Crippen molar-refractivity contribution in [2.75, 3.05) is 23.8 Å². The molecule has 0 aliphatic carbocycles. The Morgan fingerprint density at radius 3 is 2.74 bits per heavy atom. The number of esters is 1. The third kappa shape index (κ3) is 6.90. The minimum atomic E-state index is -0.426. The molecule has 0 atom stereocenters. The Balaban J connectivity index is 1.97. The van der Waals surface area contributed by atoms with Crippen molar-refractivity contribution in [1.29, 1.82) is 0 Å². The zero-order valence-electron chi connectivity index (χ0n) is 16.0. The lowest BCUT2D eigenvalue weighted by Crippen LogP contribution is -2.20. The zero-order chi connectivity index (χ0) is 19.8. The minimum absolute atomic E-state index is 0.0821. The molecule has 8 heteroatoms. The molecule has 0 unspecified atom stereocenters. The number of aromatic nitrogens is 1. The summed E-state index contributed by atoms with van der Waals surface area (Å²) in [5, 5.41) is 7.58. The van der Waals surface area contributed by atoms with Crippen molar-refractivity contribution < 1.29 is 19.1 Å². The van der Waals surface area contributed by atoms with Gasteiger partial charge in [-0.15, -0.1) is 11.3 Å². The standard InChI is InChI=1S/C19H25N3O4S/c1-5-25-17(23)9-14-11-27-19(20-14)22-18(24)21-15-7-6-13(4)8-16(15)26-10-12(2)3/h6-8,11-12H,5,9-10H2,1-4H3,(H2,20,21,22,24). The molecule has 2 aromatic rings. The number of benzene rings is 1. The fraction of sp³-hybridized carbons (Fsp3) is 0.421. The molecule has 1 aromatic carbocycles. The molecule has 0 bridgehead atoms. The van der Waals surface area contributed by atoms with E-state index in [9.17, 15) is 9.59 Å². The number of hydrogen-bond donors (Lipinski definition) is 2. The number of urea groups is 1. The van der Waals surface area contributed by atoms with Gasteiger partial charge in [0.25, 0.3) is 0 Å². The third-order valence-corrected chi connectivity index (χ3v) is 4.17. The van der Waals surface area contributed by atoms with Gasteiger partial charge in [0.05, 0.1) is 31.0 Å². The number of anilines is 2. The molecular formula is C19H25N3O4S. The molecule has 27 heavy (non-hydrogen) atoms. The predicted molar refractivity (Wildman–Crippen MR) is 107 cm³/mol. The maximum absolute atomic E-state index is 12.3. The van der Waals surface area contributed by atoms with Gasteiger partial charge in [-0.1, -0.05) is 19.9 Å². The average Bonchev–Trinajstić information content (AvgIpc) is 3.01. The zero-order valence-corrected chi connectivity index (χ0v) is 16.8. The van der Waals surface area contributed by atoms with Gasteiger partial charge < -0.3 is 14.8 Å². The van der Waals surface area contributed by atoms with Crippen LogP contribution in [0, 0.1) is 12.8 Å². The van der Waals surface area contributed by atoms with Crippen molar-refractivity contribution in [3.63, 3.8) is 0 Å². The van der Waals surface area contributed by atoms with Crippen LogP contribution in [0.25, 0.3) is 0 Å². The van der Waals surface area contributed by atoms with E-state index in [1.165, 1.54) is 11.3 Å².